The molecule has 74 valence electrons. The Morgan fingerprint density at radius 3 is 2.71 bits per heavy atom. The van der Waals surface area contributed by atoms with Crippen LogP contribution in [0.15, 0.2) is 12.1 Å². The summed E-state index contributed by atoms with van der Waals surface area (Å²) in [5.41, 5.74) is 0.876. The molecule has 1 aromatic carbocycles. The van der Waals surface area contributed by atoms with E-state index in [0.717, 1.165) is 0 Å². The number of carboxylic acid groups (broad SMARTS) is 1. The zero-order chi connectivity index (χ0) is 10.7. The van der Waals surface area contributed by atoms with Crippen molar-refractivity contribution < 1.29 is 14.7 Å². The van der Waals surface area contributed by atoms with Crippen LogP contribution >= 0.6 is 11.6 Å². The molecule has 0 saturated carbocycles. The number of rotatable bonds is 3. The van der Waals surface area contributed by atoms with E-state index in [1.807, 2.05) is 0 Å². The van der Waals surface area contributed by atoms with Crippen LogP contribution < -0.4 is 5.32 Å². The lowest BCUT2D eigenvalue weighted by Gasteiger charge is -2.08. The Morgan fingerprint density at radius 2 is 2.21 bits per heavy atom. The summed E-state index contributed by atoms with van der Waals surface area (Å²) in [6.45, 7) is 1.67. The average molecular weight is 214 g/mol. The summed E-state index contributed by atoms with van der Waals surface area (Å²) >= 11 is 5.69. The van der Waals surface area contributed by atoms with Crippen LogP contribution in [0.2, 0.25) is 5.02 Å². The number of aryl methyl sites for hydroxylation is 1. The number of benzene rings is 1. The van der Waals surface area contributed by atoms with Crippen LogP contribution in [0.25, 0.3) is 0 Å². The number of carboxylic acids is 1. The molecule has 1 rings (SSSR count). The summed E-state index contributed by atoms with van der Waals surface area (Å²) < 4.78 is 0. The molecule has 2 N–H and O–H groups in total. The van der Waals surface area contributed by atoms with Gasteiger partial charge in [0.1, 0.15) is 0 Å². The average Bonchev–Trinajstić information content (AvgIpc) is 2.09. The van der Waals surface area contributed by atoms with Gasteiger partial charge in [0.05, 0.1) is 11.3 Å². The van der Waals surface area contributed by atoms with Crippen molar-refractivity contribution in [3.05, 3.63) is 28.3 Å². The predicted octanol–water partition coefficient (Wildman–Crippen LogP) is 1.91. The second kappa shape index (κ2) is 4.11. The minimum Gasteiger partial charge on any atom is -0.478 e. The standard InChI is InChI=1S/C9H8ClNO3/c1-5-2-6(10)3-7(9(13)14)8(5)11-4-12/h2-4H,1H3,(H,11,12)(H,13,14). The van der Waals surface area contributed by atoms with Gasteiger partial charge in [0.15, 0.2) is 0 Å². The van der Waals surface area contributed by atoms with E-state index in [4.69, 9.17) is 16.7 Å². The number of aromatic carboxylic acids is 1. The zero-order valence-electron chi connectivity index (χ0n) is 7.37. The number of hydrogen-bond donors (Lipinski definition) is 2. The van der Waals surface area contributed by atoms with Crippen molar-refractivity contribution in [3.8, 4) is 0 Å². The summed E-state index contributed by atoms with van der Waals surface area (Å²) in [5, 5.41) is 11.5. The topological polar surface area (TPSA) is 66.4 Å². The zero-order valence-corrected chi connectivity index (χ0v) is 8.13. The first-order chi connectivity index (χ1) is 6.56. The maximum Gasteiger partial charge on any atom is 0.337 e. The number of carbonyl (C=O) groups is 2. The molecule has 0 aliphatic heterocycles. The summed E-state index contributed by atoms with van der Waals surface area (Å²) in [7, 11) is 0. The molecular weight excluding hydrogens is 206 g/mol. The van der Waals surface area contributed by atoms with E-state index in [9.17, 15) is 9.59 Å². The lowest BCUT2D eigenvalue weighted by atomic mass is 10.1. The van der Waals surface area contributed by atoms with Crippen LogP contribution in [0, 0.1) is 6.92 Å². The fourth-order valence-corrected chi connectivity index (χ4v) is 1.44. The molecule has 0 aliphatic carbocycles. The third kappa shape index (κ3) is 2.03. The molecule has 0 bridgehead atoms. The van der Waals surface area contributed by atoms with Gasteiger partial charge in [0, 0.05) is 5.02 Å². The normalized spacial score (nSPS) is 9.57. The van der Waals surface area contributed by atoms with E-state index < -0.39 is 5.97 Å². The second-order valence-electron chi connectivity index (χ2n) is 2.71. The van der Waals surface area contributed by atoms with Gasteiger partial charge in [-0.1, -0.05) is 11.6 Å². The Kier molecular flexibility index (Phi) is 3.09. The Bertz CT molecular complexity index is 390. The van der Waals surface area contributed by atoms with E-state index in [2.05, 4.69) is 5.32 Å². The van der Waals surface area contributed by atoms with Crippen molar-refractivity contribution in [1.82, 2.24) is 0 Å². The fraction of sp³-hybridized carbons (Fsp3) is 0.111. The van der Waals surface area contributed by atoms with E-state index >= 15 is 0 Å². The maximum atomic E-state index is 10.8. The molecule has 0 atom stereocenters. The Labute approximate surface area is 85.5 Å². The molecule has 4 nitrogen and oxygen atoms in total. The van der Waals surface area contributed by atoms with Crippen LogP contribution in [-0.4, -0.2) is 17.5 Å². The molecule has 0 radical (unpaired) electrons. The summed E-state index contributed by atoms with van der Waals surface area (Å²) in [6, 6.07) is 2.88. The van der Waals surface area contributed by atoms with Gasteiger partial charge < -0.3 is 10.4 Å². The highest BCUT2D eigenvalue weighted by atomic mass is 35.5. The van der Waals surface area contributed by atoms with Gasteiger partial charge in [-0.25, -0.2) is 4.79 Å². The lowest BCUT2D eigenvalue weighted by molar-refractivity contribution is -0.105. The van der Waals surface area contributed by atoms with E-state index in [0.29, 0.717) is 17.0 Å². The fourth-order valence-electron chi connectivity index (χ4n) is 1.16. The van der Waals surface area contributed by atoms with Crippen molar-refractivity contribution in [3.63, 3.8) is 0 Å². The van der Waals surface area contributed by atoms with Crippen molar-refractivity contribution in [2.24, 2.45) is 0 Å². The Balaban J connectivity index is 3.35. The molecule has 0 aliphatic rings. The molecule has 1 amide bonds. The van der Waals surface area contributed by atoms with Crippen LogP contribution in [0.1, 0.15) is 15.9 Å². The van der Waals surface area contributed by atoms with Gasteiger partial charge >= 0.3 is 5.97 Å². The van der Waals surface area contributed by atoms with Crippen molar-refractivity contribution >= 4 is 29.7 Å². The Hall–Kier alpha value is -1.55. The number of hydrogen-bond acceptors (Lipinski definition) is 2. The van der Waals surface area contributed by atoms with Gasteiger partial charge in [-0.3, -0.25) is 4.79 Å². The van der Waals surface area contributed by atoms with Crippen LogP contribution in [0.5, 0.6) is 0 Å². The van der Waals surface area contributed by atoms with Crippen LogP contribution in [-0.2, 0) is 4.79 Å². The van der Waals surface area contributed by atoms with Crippen LogP contribution in [0.3, 0.4) is 0 Å². The van der Waals surface area contributed by atoms with E-state index in [1.54, 1.807) is 13.0 Å². The van der Waals surface area contributed by atoms with Crippen LogP contribution in [0.4, 0.5) is 5.69 Å². The van der Waals surface area contributed by atoms with Crippen molar-refractivity contribution in [1.29, 1.82) is 0 Å². The first-order valence-corrected chi connectivity index (χ1v) is 4.17. The van der Waals surface area contributed by atoms with Gasteiger partial charge in [0.25, 0.3) is 0 Å². The molecular formula is C9H8ClNO3. The SMILES string of the molecule is Cc1cc(Cl)cc(C(=O)O)c1NC=O. The molecule has 0 fully saturated rings. The highest BCUT2D eigenvalue weighted by Crippen LogP contribution is 2.24. The quantitative estimate of drug-likeness (QED) is 0.754. The summed E-state index contributed by atoms with van der Waals surface area (Å²) in [5.74, 6) is -1.13. The second-order valence-corrected chi connectivity index (χ2v) is 3.15. The van der Waals surface area contributed by atoms with E-state index in [-0.39, 0.29) is 11.3 Å². The lowest BCUT2D eigenvalue weighted by Crippen LogP contribution is -2.06. The molecule has 0 aromatic heterocycles. The predicted molar refractivity (Wildman–Crippen MR) is 52.8 cm³/mol. The minimum atomic E-state index is -1.13. The highest BCUT2D eigenvalue weighted by molar-refractivity contribution is 6.31. The molecule has 1 aromatic rings. The number of nitrogens with one attached hydrogen (secondary N) is 1. The summed E-state index contributed by atoms with van der Waals surface area (Å²) in [6.07, 6.45) is 0.433. The summed E-state index contributed by atoms with van der Waals surface area (Å²) in [4.78, 5) is 21.0. The highest BCUT2D eigenvalue weighted by Gasteiger charge is 2.13. The van der Waals surface area contributed by atoms with Crippen molar-refractivity contribution in [2.75, 3.05) is 5.32 Å². The third-order valence-electron chi connectivity index (χ3n) is 1.73. The number of carbonyl (C=O) groups excluding carboxylic acids is 1. The monoisotopic (exact) mass is 213 g/mol. The molecule has 5 heteroatoms. The molecule has 0 saturated heterocycles. The third-order valence-corrected chi connectivity index (χ3v) is 1.95. The number of halogens is 1. The molecule has 0 unspecified atom stereocenters. The largest absolute Gasteiger partial charge is 0.478 e. The van der Waals surface area contributed by atoms with Gasteiger partial charge in [0.2, 0.25) is 6.41 Å². The first-order valence-electron chi connectivity index (χ1n) is 3.80. The Morgan fingerprint density at radius 1 is 1.57 bits per heavy atom. The number of amides is 1. The first kappa shape index (κ1) is 10.5. The van der Waals surface area contributed by atoms with Gasteiger partial charge in [-0.15, -0.1) is 0 Å². The molecule has 14 heavy (non-hydrogen) atoms. The van der Waals surface area contributed by atoms with Gasteiger partial charge in [-0.05, 0) is 24.6 Å². The van der Waals surface area contributed by atoms with Gasteiger partial charge in [-0.2, -0.15) is 0 Å². The smallest absolute Gasteiger partial charge is 0.337 e. The molecule has 0 heterocycles. The maximum absolute atomic E-state index is 10.8. The minimum absolute atomic E-state index is 0.0119. The molecule has 0 spiro atoms. The van der Waals surface area contributed by atoms with E-state index in [1.165, 1.54) is 6.07 Å². The number of anilines is 1. The van der Waals surface area contributed by atoms with Crippen molar-refractivity contribution in [2.45, 2.75) is 6.92 Å².